The summed E-state index contributed by atoms with van der Waals surface area (Å²) in [7, 11) is -4.01. The molecule has 1 unspecified atom stereocenters. The summed E-state index contributed by atoms with van der Waals surface area (Å²) >= 11 is 0. The van der Waals surface area contributed by atoms with Crippen molar-refractivity contribution in [3.8, 4) is 5.75 Å². The average molecular weight is 435 g/mol. The number of carbonyl (C=O) groups excluding carboxylic acids is 1. The standard InChI is InChI=1S/C21H25NO7S/c1-14-5-11-17(12-6-14)30(26,27)29-16-9-7-15(8-10-16)18(13-19(23)24)22-20(25)28-21(2,3)4/h5-12,18H,13H2,1-4H3,(H,22,25)(H,23,24). The molecule has 30 heavy (non-hydrogen) atoms. The molecule has 2 N–H and O–H groups in total. The van der Waals surface area contributed by atoms with Gasteiger partial charge in [0.1, 0.15) is 16.2 Å². The molecule has 0 spiro atoms. The first-order valence-corrected chi connectivity index (χ1v) is 10.6. The number of carboxylic acids is 1. The second-order valence-corrected chi connectivity index (χ2v) is 9.26. The highest BCUT2D eigenvalue weighted by Crippen LogP contribution is 2.24. The molecule has 0 heterocycles. The highest BCUT2D eigenvalue weighted by Gasteiger charge is 2.23. The SMILES string of the molecule is Cc1ccc(S(=O)(=O)Oc2ccc(C(CC(=O)O)NC(=O)OC(C)(C)C)cc2)cc1. The molecule has 0 radical (unpaired) electrons. The lowest BCUT2D eigenvalue weighted by molar-refractivity contribution is -0.137. The summed E-state index contributed by atoms with van der Waals surface area (Å²) in [5.74, 6) is -1.05. The van der Waals surface area contributed by atoms with E-state index in [1.165, 1.54) is 36.4 Å². The summed E-state index contributed by atoms with van der Waals surface area (Å²) in [4.78, 5) is 23.2. The van der Waals surface area contributed by atoms with E-state index in [0.29, 0.717) is 5.56 Å². The van der Waals surface area contributed by atoms with E-state index in [4.69, 9.17) is 14.0 Å². The van der Waals surface area contributed by atoms with Gasteiger partial charge in [-0.15, -0.1) is 0 Å². The molecule has 9 heteroatoms. The van der Waals surface area contributed by atoms with Crippen molar-refractivity contribution in [3.63, 3.8) is 0 Å². The van der Waals surface area contributed by atoms with Crippen LogP contribution in [-0.2, 0) is 19.6 Å². The van der Waals surface area contributed by atoms with Crippen molar-refractivity contribution in [1.82, 2.24) is 5.32 Å². The highest BCUT2D eigenvalue weighted by atomic mass is 32.2. The number of carbonyl (C=O) groups is 2. The van der Waals surface area contributed by atoms with Gasteiger partial charge in [0.25, 0.3) is 0 Å². The van der Waals surface area contributed by atoms with Crippen LogP contribution in [0.3, 0.4) is 0 Å². The monoisotopic (exact) mass is 435 g/mol. The van der Waals surface area contributed by atoms with Crippen LogP contribution in [0.4, 0.5) is 4.79 Å². The van der Waals surface area contributed by atoms with Crippen molar-refractivity contribution in [1.29, 1.82) is 0 Å². The van der Waals surface area contributed by atoms with Gasteiger partial charge in [0.15, 0.2) is 0 Å². The van der Waals surface area contributed by atoms with Gasteiger partial charge < -0.3 is 19.3 Å². The summed E-state index contributed by atoms with van der Waals surface area (Å²) in [6.45, 7) is 6.92. The Balaban J connectivity index is 2.16. The number of alkyl carbamates (subject to hydrolysis) is 1. The molecular formula is C21H25NO7S. The fraction of sp³-hybridized carbons (Fsp3) is 0.333. The molecule has 2 rings (SSSR count). The minimum atomic E-state index is -4.01. The van der Waals surface area contributed by atoms with Crippen LogP contribution >= 0.6 is 0 Å². The van der Waals surface area contributed by atoms with Gasteiger partial charge in [0.05, 0.1) is 12.5 Å². The van der Waals surface area contributed by atoms with Crippen molar-refractivity contribution in [2.45, 2.75) is 50.7 Å². The molecule has 0 bridgehead atoms. The van der Waals surface area contributed by atoms with Gasteiger partial charge in [0.2, 0.25) is 0 Å². The maximum absolute atomic E-state index is 12.4. The number of rotatable bonds is 7. The largest absolute Gasteiger partial charge is 0.481 e. The molecule has 0 aliphatic rings. The Labute approximate surface area is 176 Å². The lowest BCUT2D eigenvalue weighted by Gasteiger charge is -2.23. The Morgan fingerprint density at radius 2 is 1.60 bits per heavy atom. The minimum absolute atomic E-state index is 0.0209. The molecule has 0 aliphatic heterocycles. The fourth-order valence-corrected chi connectivity index (χ4v) is 3.44. The average Bonchev–Trinajstić information content (AvgIpc) is 2.60. The molecule has 1 amide bonds. The zero-order valence-electron chi connectivity index (χ0n) is 17.2. The van der Waals surface area contributed by atoms with Gasteiger partial charge in [0, 0.05) is 0 Å². The third-order valence-corrected chi connectivity index (χ3v) is 5.13. The Kier molecular flexibility index (Phi) is 7.09. The number of amides is 1. The van der Waals surface area contributed by atoms with Crippen molar-refractivity contribution < 1.29 is 32.0 Å². The maximum atomic E-state index is 12.4. The Bertz CT molecular complexity index is 991. The van der Waals surface area contributed by atoms with Crippen LogP contribution in [0.15, 0.2) is 53.4 Å². The fourth-order valence-electron chi connectivity index (χ4n) is 2.51. The molecule has 8 nitrogen and oxygen atoms in total. The van der Waals surface area contributed by atoms with Crippen LogP contribution in [0, 0.1) is 6.92 Å². The first kappa shape index (κ1) is 23.2. The summed E-state index contributed by atoms with van der Waals surface area (Å²) in [6.07, 6.45) is -1.13. The summed E-state index contributed by atoms with van der Waals surface area (Å²) < 4.78 is 35.1. The molecule has 0 saturated carbocycles. The van der Waals surface area contributed by atoms with E-state index >= 15 is 0 Å². The molecule has 1 atom stereocenters. The molecule has 0 aliphatic carbocycles. The van der Waals surface area contributed by atoms with Gasteiger partial charge in [-0.2, -0.15) is 8.42 Å². The highest BCUT2D eigenvalue weighted by molar-refractivity contribution is 7.87. The third-order valence-electron chi connectivity index (χ3n) is 3.87. The number of aryl methyl sites for hydroxylation is 1. The predicted octanol–water partition coefficient (Wildman–Crippen LogP) is 3.80. The summed E-state index contributed by atoms with van der Waals surface area (Å²) in [5.41, 5.74) is 0.642. The molecule has 2 aromatic rings. The first-order chi connectivity index (χ1) is 13.9. The lowest BCUT2D eigenvalue weighted by Crippen LogP contribution is -2.35. The predicted molar refractivity (Wildman–Crippen MR) is 110 cm³/mol. The van der Waals surface area contributed by atoms with E-state index in [0.717, 1.165) is 5.56 Å². The quantitative estimate of drug-likeness (QED) is 0.635. The number of nitrogens with one attached hydrogen (secondary N) is 1. The zero-order chi connectivity index (χ0) is 22.5. The van der Waals surface area contributed by atoms with Crippen LogP contribution in [0.25, 0.3) is 0 Å². The summed E-state index contributed by atoms with van der Waals surface area (Å²) in [6, 6.07) is 11.1. The van der Waals surface area contributed by atoms with Gasteiger partial charge in [-0.1, -0.05) is 29.8 Å². The Morgan fingerprint density at radius 3 is 2.10 bits per heavy atom. The second kappa shape index (κ2) is 9.17. The number of hydrogen-bond donors (Lipinski definition) is 2. The number of hydrogen-bond acceptors (Lipinski definition) is 6. The van der Waals surface area contributed by atoms with Gasteiger partial charge in [-0.05, 0) is 57.5 Å². The molecule has 0 aromatic heterocycles. The second-order valence-electron chi connectivity index (χ2n) is 7.72. The molecule has 2 aromatic carbocycles. The van der Waals surface area contributed by atoms with Crippen molar-refractivity contribution in [2.75, 3.05) is 0 Å². The van der Waals surface area contributed by atoms with E-state index in [1.807, 2.05) is 6.92 Å². The normalized spacial score (nSPS) is 12.7. The molecule has 162 valence electrons. The van der Waals surface area contributed by atoms with E-state index in [9.17, 15) is 18.0 Å². The smallest absolute Gasteiger partial charge is 0.408 e. The van der Waals surface area contributed by atoms with E-state index in [1.54, 1.807) is 32.9 Å². The van der Waals surface area contributed by atoms with Gasteiger partial charge >= 0.3 is 22.2 Å². The van der Waals surface area contributed by atoms with E-state index in [2.05, 4.69) is 5.32 Å². The number of ether oxygens (including phenoxy) is 1. The lowest BCUT2D eigenvalue weighted by atomic mass is 10.0. The van der Waals surface area contributed by atoms with Crippen LogP contribution in [0.1, 0.15) is 44.4 Å². The van der Waals surface area contributed by atoms with Gasteiger partial charge in [-0.3, -0.25) is 4.79 Å². The maximum Gasteiger partial charge on any atom is 0.408 e. The van der Waals surface area contributed by atoms with Crippen LogP contribution in [0.5, 0.6) is 5.75 Å². The zero-order valence-corrected chi connectivity index (χ0v) is 18.0. The van der Waals surface area contributed by atoms with Crippen molar-refractivity contribution in [2.24, 2.45) is 0 Å². The van der Waals surface area contributed by atoms with Crippen LogP contribution < -0.4 is 9.50 Å². The summed E-state index contributed by atoms with van der Waals surface area (Å²) in [5, 5.41) is 11.7. The molecule has 0 saturated heterocycles. The number of benzene rings is 2. The minimum Gasteiger partial charge on any atom is -0.481 e. The topological polar surface area (TPSA) is 119 Å². The van der Waals surface area contributed by atoms with E-state index < -0.39 is 33.8 Å². The molecular weight excluding hydrogens is 410 g/mol. The first-order valence-electron chi connectivity index (χ1n) is 9.18. The Morgan fingerprint density at radius 1 is 1.03 bits per heavy atom. The van der Waals surface area contributed by atoms with Gasteiger partial charge in [-0.25, -0.2) is 4.79 Å². The number of carboxylic acid groups (broad SMARTS) is 1. The van der Waals surface area contributed by atoms with Crippen LogP contribution in [-0.4, -0.2) is 31.2 Å². The van der Waals surface area contributed by atoms with Crippen molar-refractivity contribution in [3.05, 3.63) is 59.7 Å². The van der Waals surface area contributed by atoms with Crippen LogP contribution in [0.2, 0.25) is 0 Å². The Hall–Kier alpha value is -3.07. The van der Waals surface area contributed by atoms with Crippen molar-refractivity contribution >= 4 is 22.2 Å². The third kappa shape index (κ3) is 7.07. The molecule has 0 fully saturated rings. The van der Waals surface area contributed by atoms with E-state index in [-0.39, 0.29) is 17.1 Å². The number of aliphatic carboxylic acids is 1.